The highest BCUT2D eigenvalue weighted by Crippen LogP contribution is 2.35. The van der Waals surface area contributed by atoms with Crippen LogP contribution < -0.4 is 5.73 Å². The van der Waals surface area contributed by atoms with Gasteiger partial charge in [0.1, 0.15) is 5.82 Å². The molecule has 3 rings (SSSR count). The van der Waals surface area contributed by atoms with Crippen LogP contribution in [0.4, 0.5) is 10.1 Å². The fourth-order valence-electron chi connectivity index (χ4n) is 2.68. The van der Waals surface area contributed by atoms with Crippen molar-refractivity contribution in [1.29, 1.82) is 0 Å². The third kappa shape index (κ3) is 1.86. The van der Waals surface area contributed by atoms with Gasteiger partial charge < -0.3 is 5.73 Å². The summed E-state index contributed by atoms with van der Waals surface area (Å²) in [5.74, 6) is 0.248. The van der Waals surface area contributed by atoms with Crippen LogP contribution in [0.1, 0.15) is 37.3 Å². The molecule has 0 aliphatic heterocycles. The summed E-state index contributed by atoms with van der Waals surface area (Å²) < 4.78 is 13.2. The predicted octanol–water partition coefficient (Wildman–Crippen LogP) is 3.61. The first kappa shape index (κ1) is 10.5. The van der Waals surface area contributed by atoms with Crippen molar-refractivity contribution in [3.63, 3.8) is 0 Å². The van der Waals surface area contributed by atoms with Gasteiger partial charge in [0.25, 0.3) is 0 Å². The summed E-state index contributed by atoms with van der Waals surface area (Å²) in [6.07, 6.45) is 4.86. The molecule has 3 heteroatoms. The van der Waals surface area contributed by atoms with Crippen molar-refractivity contribution in [2.24, 2.45) is 0 Å². The minimum atomic E-state index is -0.257. The predicted molar refractivity (Wildman–Crippen MR) is 67.3 cm³/mol. The molecule has 0 saturated heterocycles. The molecule has 0 bridgehead atoms. The average Bonchev–Trinajstić information content (AvgIpc) is 2.81. The summed E-state index contributed by atoms with van der Waals surface area (Å²) in [4.78, 5) is 4.56. The molecule has 1 aliphatic rings. The second-order valence-corrected chi connectivity index (χ2v) is 4.78. The largest absolute Gasteiger partial charge is 0.398 e. The van der Waals surface area contributed by atoms with Crippen LogP contribution in [0, 0.1) is 5.82 Å². The van der Waals surface area contributed by atoms with Gasteiger partial charge in [0.15, 0.2) is 0 Å². The maximum absolute atomic E-state index is 13.2. The van der Waals surface area contributed by atoms with Gasteiger partial charge in [-0.05, 0) is 31.0 Å². The number of aromatic nitrogens is 1. The van der Waals surface area contributed by atoms with Gasteiger partial charge >= 0.3 is 0 Å². The molecule has 2 nitrogen and oxygen atoms in total. The van der Waals surface area contributed by atoms with Crippen LogP contribution in [-0.2, 0) is 0 Å². The molecule has 0 amide bonds. The molecule has 2 N–H and O–H groups in total. The van der Waals surface area contributed by atoms with E-state index in [1.54, 1.807) is 6.07 Å². The van der Waals surface area contributed by atoms with Crippen LogP contribution in [-0.4, -0.2) is 4.98 Å². The van der Waals surface area contributed by atoms with Gasteiger partial charge in [-0.3, -0.25) is 4.98 Å². The summed E-state index contributed by atoms with van der Waals surface area (Å²) in [7, 11) is 0. The monoisotopic (exact) mass is 230 g/mol. The number of hydrogen-bond acceptors (Lipinski definition) is 2. The number of fused-ring (bicyclic) bond motifs is 1. The van der Waals surface area contributed by atoms with Crippen LogP contribution in [0.5, 0.6) is 0 Å². The number of pyridine rings is 1. The fourth-order valence-corrected chi connectivity index (χ4v) is 2.68. The van der Waals surface area contributed by atoms with E-state index in [9.17, 15) is 4.39 Å². The quantitative estimate of drug-likeness (QED) is 0.812. The molecule has 0 atom stereocenters. The second-order valence-electron chi connectivity index (χ2n) is 4.78. The van der Waals surface area contributed by atoms with Crippen LogP contribution in [0.15, 0.2) is 24.3 Å². The molecule has 1 aliphatic carbocycles. The maximum atomic E-state index is 13.2. The van der Waals surface area contributed by atoms with E-state index in [1.165, 1.54) is 37.8 Å². The minimum absolute atomic E-state index is 0.257. The summed E-state index contributed by atoms with van der Waals surface area (Å²) in [5.41, 5.74) is 8.42. The van der Waals surface area contributed by atoms with Crippen molar-refractivity contribution < 1.29 is 4.39 Å². The molecule has 2 aromatic rings. The Kier molecular flexibility index (Phi) is 2.46. The molecule has 1 heterocycles. The summed E-state index contributed by atoms with van der Waals surface area (Å²) in [6.45, 7) is 0. The van der Waals surface area contributed by atoms with Gasteiger partial charge in [0, 0.05) is 28.8 Å². The number of anilines is 1. The molecule has 17 heavy (non-hydrogen) atoms. The fraction of sp³-hybridized carbons (Fsp3) is 0.357. The zero-order valence-electron chi connectivity index (χ0n) is 9.62. The van der Waals surface area contributed by atoms with Crippen molar-refractivity contribution in [3.05, 3.63) is 35.8 Å². The van der Waals surface area contributed by atoms with E-state index in [1.807, 2.05) is 6.07 Å². The summed E-state index contributed by atoms with van der Waals surface area (Å²) in [5, 5.41) is 0.841. The lowest BCUT2D eigenvalue weighted by Gasteiger charge is -2.11. The smallest absolute Gasteiger partial charge is 0.125 e. The lowest BCUT2D eigenvalue weighted by atomic mass is 10.0. The van der Waals surface area contributed by atoms with Crippen molar-refractivity contribution in [3.8, 4) is 0 Å². The highest BCUT2D eigenvalue weighted by molar-refractivity contribution is 5.90. The van der Waals surface area contributed by atoms with Crippen molar-refractivity contribution in [2.45, 2.75) is 31.6 Å². The van der Waals surface area contributed by atoms with Gasteiger partial charge in [-0.1, -0.05) is 12.8 Å². The number of nitrogen functional groups attached to an aromatic ring is 1. The van der Waals surface area contributed by atoms with E-state index in [0.29, 0.717) is 17.1 Å². The summed E-state index contributed by atoms with van der Waals surface area (Å²) in [6, 6.07) is 6.54. The van der Waals surface area contributed by atoms with E-state index in [4.69, 9.17) is 5.73 Å². The number of nitrogens with two attached hydrogens (primary N) is 1. The number of rotatable bonds is 1. The van der Waals surface area contributed by atoms with E-state index in [-0.39, 0.29) is 5.82 Å². The lowest BCUT2D eigenvalue weighted by Crippen LogP contribution is -2.00. The Balaban J connectivity index is 2.14. The van der Waals surface area contributed by atoms with E-state index in [0.717, 1.165) is 11.1 Å². The maximum Gasteiger partial charge on any atom is 0.125 e. The normalized spacial score (nSPS) is 16.8. The molecular weight excluding hydrogens is 215 g/mol. The third-order valence-corrected chi connectivity index (χ3v) is 3.60. The number of halogens is 1. The average molecular weight is 230 g/mol. The van der Waals surface area contributed by atoms with Crippen molar-refractivity contribution in [2.75, 3.05) is 5.73 Å². The molecule has 1 saturated carbocycles. The number of benzene rings is 1. The van der Waals surface area contributed by atoms with E-state index < -0.39 is 0 Å². The molecule has 0 spiro atoms. The molecule has 1 aromatic heterocycles. The zero-order valence-corrected chi connectivity index (χ0v) is 9.62. The molecule has 88 valence electrons. The summed E-state index contributed by atoms with van der Waals surface area (Å²) >= 11 is 0. The molecule has 0 radical (unpaired) electrons. The van der Waals surface area contributed by atoms with Gasteiger partial charge in [-0.25, -0.2) is 4.39 Å². The van der Waals surface area contributed by atoms with Crippen molar-refractivity contribution >= 4 is 16.6 Å². The Labute approximate surface area is 99.7 Å². The minimum Gasteiger partial charge on any atom is -0.398 e. The topological polar surface area (TPSA) is 38.9 Å². The van der Waals surface area contributed by atoms with Crippen LogP contribution in [0.3, 0.4) is 0 Å². The third-order valence-electron chi connectivity index (χ3n) is 3.60. The first-order chi connectivity index (χ1) is 8.24. The van der Waals surface area contributed by atoms with Gasteiger partial charge in [-0.15, -0.1) is 0 Å². The molecular formula is C14H15FN2. The standard InChI is InChI=1S/C14H15FN2/c15-10-5-6-11-12(16)8-13(17-14(11)7-10)9-3-1-2-4-9/h5-9H,1-4H2,(H2,16,17). The highest BCUT2D eigenvalue weighted by atomic mass is 19.1. The van der Waals surface area contributed by atoms with Gasteiger partial charge in [0.2, 0.25) is 0 Å². The Bertz CT molecular complexity index is 559. The Morgan fingerprint density at radius 1 is 1.18 bits per heavy atom. The van der Waals surface area contributed by atoms with Crippen molar-refractivity contribution in [1.82, 2.24) is 4.98 Å². The number of nitrogens with zero attached hydrogens (tertiary/aromatic N) is 1. The van der Waals surface area contributed by atoms with E-state index >= 15 is 0 Å². The van der Waals surface area contributed by atoms with Gasteiger partial charge in [-0.2, -0.15) is 0 Å². The van der Waals surface area contributed by atoms with Crippen LogP contribution >= 0.6 is 0 Å². The van der Waals surface area contributed by atoms with E-state index in [2.05, 4.69) is 4.98 Å². The second kappa shape index (κ2) is 3.99. The molecule has 1 aromatic carbocycles. The number of hydrogen-bond donors (Lipinski definition) is 1. The Hall–Kier alpha value is -1.64. The first-order valence-corrected chi connectivity index (χ1v) is 6.10. The highest BCUT2D eigenvalue weighted by Gasteiger charge is 2.19. The molecule has 1 fully saturated rings. The Morgan fingerprint density at radius 2 is 1.94 bits per heavy atom. The SMILES string of the molecule is Nc1cc(C2CCCC2)nc2cc(F)ccc12. The van der Waals surface area contributed by atoms with Crippen LogP contribution in [0.2, 0.25) is 0 Å². The lowest BCUT2D eigenvalue weighted by molar-refractivity contribution is 0.629. The first-order valence-electron chi connectivity index (χ1n) is 6.10. The molecule has 0 unspecified atom stereocenters. The van der Waals surface area contributed by atoms with Gasteiger partial charge in [0.05, 0.1) is 5.52 Å². The Morgan fingerprint density at radius 3 is 2.71 bits per heavy atom. The van der Waals surface area contributed by atoms with Crippen LogP contribution in [0.25, 0.3) is 10.9 Å². The zero-order chi connectivity index (χ0) is 11.8.